The third kappa shape index (κ3) is 2.37. The lowest BCUT2D eigenvalue weighted by Gasteiger charge is -2.25. The Bertz CT molecular complexity index is 244. The average Bonchev–Trinajstić information content (AvgIpc) is 2.21. The van der Waals surface area contributed by atoms with Gasteiger partial charge in [0.15, 0.2) is 0 Å². The fourth-order valence-electron chi connectivity index (χ4n) is 1.31. The van der Waals surface area contributed by atoms with E-state index in [2.05, 4.69) is 25.9 Å². The van der Waals surface area contributed by atoms with Crippen molar-refractivity contribution in [2.75, 3.05) is 25.0 Å². The molecular formula is C8H13N5. The van der Waals surface area contributed by atoms with E-state index in [0.29, 0.717) is 0 Å². The summed E-state index contributed by atoms with van der Waals surface area (Å²) in [7, 11) is 0. The molecule has 5 nitrogen and oxygen atoms in total. The lowest BCUT2D eigenvalue weighted by Crippen LogP contribution is -2.52. The van der Waals surface area contributed by atoms with Gasteiger partial charge in [0.25, 0.3) is 0 Å². The summed E-state index contributed by atoms with van der Waals surface area (Å²) in [5, 5.41) is 9.88. The quantitative estimate of drug-likeness (QED) is 0.566. The van der Waals surface area contributed by atoms with Gasteiger partial charge in [0.05, 0.1) is 6.17 Å². The van der Waals surface area contributed by atoms with Gasteiger partial charge < -0.3 is 10.6 Å². The molecule has 1 atom stereocenters. The molecule has 70 valence electrons. The Morgan fingerprint density at radius 2 is 2.46 bits per heavy atom. The molecule has 2 heterocycles. The average molecular weight is 179 g/mol. The molecule has 0 spiro atoms. The summed E-state index contributed by atoms with van der Waals surface area (Å²) in [6, 6.07) is 1.86. The van der Waals surface area contributed by atoms with Gasteiger partial charge in [-0.2, -0.15) is 0 Å². The zero-order chi connectivity index (χ0) is 8.93. The Kier molecular flexibility index (Phi) is 2.68. The van der Waals surface area contributed by atoms with Crippen LogP contribution in [0.4, 0.5) is 5.82 Å². The van der Waals surface area contributed by atoms with Crippen LogP contribution in [0.3, 0.4) is 0 Å². The van der Waals surface area contributed by atoms with E-state index in [0.717, 1.165) is 25.5 Å². The maximum absolute atomic E-state index is 4.08. The largest absolute Gasteiger partial charge is 0.353 e. The summed E-state index contributed by atoms with van der Waals surface area (Å²) < 4.78 is 0. The van der Waals surface area contributed by atoms with Gasteiger partial charge in [-0.1, -0.05) is 0 Å². The van der Waals surface area contributed by atoms with Crippen molar-refractivity contribution in [3.8, 4) is 0 Å². The second kappa shape index (κ2) is 4.15. The van der Waals surface area contributed by atoms with E-state index in [4.69, 9.17) is 0 Å². The van der Waals surface area contributed by atoms with Gasteiger partial charge in [0.1, 0.15) is 12.1 Å². The second-order valence-corrected chi connectivity index (χ2v) is 2.95. The number of piperazine rings is 1. The molecular weight excluding hydrogens is 166 g/mol. The van der Waals surface area contributed by atoms with E-state index in [1.54, 1.807) is 12.5 Å². The number of nitrogens with zero attached hydrogens (tertiary/aromatic N) is 2. The van der Waals surface area contributed by atoms with Crippen LogP contribution in [0.2, 0.25) is 0 Å². The predicted octanol–water partition coefficient (Wildman–Crippen LogP) is -0.593. The summed E-state index contributed by atoms with van der Waals surface area (Å²) in [5.74, 6) is 0.858. The number of aromatic nitrogens is 2. The van der Waals surface area contributed by atoms with Crippen LogP contribution in [0, 0.1) is 0 Å². The number of anilines is 1. The first kappa shape index (κ1) is 8.40. The third-order valence-corrected chi connectivity index (χ3v) is 1.95. The third-order valence-electron chi connectivity index (χ3n) is 1.95. The van der Waals surface area contributed by atoms with Gasteiger partial charge in [0, 0.05) is 25.8 Å². The number of hydrogen-bond donors (Lipinski definition) is 3. The summed E-state index contributed by atoms with van der Waals surface area (Å²) >= 11 is 0. The maximum atomic E-state index is 4.08. The van der Waals surface area contributed by atoms with E-state index in [1.807, 2.05) is 6.07 Å². The summed E-state index contributed by atoms with van der Waals surface area (Å²) in [6.45, 7) is 2.94. The molecule has 2 rings (SSSR count). The fraction of sp³-hybridized carbons (Fsp3) is 0.500. The second-order valence-electron chi connectivity index (χ2n) is 2.95. The highest BCUT2D eigenvalue weighted by Gasteiger charge is 2.10. The minimum atomic E-state index is 0.267. The van der Waals surface area contributed by atoms with Crippen LogP contribution in [-0.4, -0.2) is 35.8 Å². The molecule has 1 aliphatic heterocycles. The smallest absolute Gasteiger partial charge is 0.130 e. The van der Waals surface area contributed by atoms with E-state index in [-0.39, 0.29) is 6.17 Å². The maximum Gasteiger partial charge on any atom is 0.130 e. The van der Waals surface area contributed by atoms with Crippen molar-refractivity contribution in [2.45, 2.75) is 6.17 Å². The van der Waals surface area contributed by atoms with E-state index in [1.165, 1.54) is 0 Å². The van der Waals surface area contributed by atoms with Crippen molar-refractivity contribution in [1.29, 1.82) is 0 Å². The van der Waals surface area contributed by atoms with Crippen LogP contribution < -0.4 is 16.0 Å². The van der Waals surface area contributed by atoms with Crippen molar-refractivity contribution in [1.82, 2.24) is 20.6 Å². The van der Waals surface area contributed by atoms with Gasteiger partial charge in [-0.05, 0) is 6.07 Å². The lowest BCUT2D eigenvalue weighted by molar-refractivity contribution is 0.449. The molecule has 1 unspecified atom stereocenters. The number of rotatable bonds is 2. The fourth-order valence-corrected chi connectivity index (χ4v) is 1.31. The zero-order valence-corrected chi connectivity index (χ0v) is 7.33. The molecule has 0 bridgehead atoms. The molecule has 5 heteroatoms. The molecule has 0 aromatic carbocycles. The normalized spacial score (nSPS) is 22.6. The molecule has 1 aliphatic rings. The van der Waals surface area contributed by atoms with E-state index in [9.17, 15) is 0 Å². The Morgan fingerprint density at radius 1 is 1.46 bits per heavy atom. The van der Waals surface area contributed by atoms with E-state index < -0.39 is 0 Å². The molecule has 0 aliphatic carbocycles. The van der Waals surface area contributed by atoms with Crippen LogP contribution in [-0.2, 0) is 0 Å². The molecule has 1 aromatic heterocycles. The minimum Gasteiger partial charge on any atom is -0.353 e. The topological polar surface area (TPSA) is 61.9 Å². The van der Waals surface area contributed by atoms with Crippen molar-refractivity contribution in [2.24, 2.45) is 0 Å². The molecule has 1 fully saturated rings. The SMILES string of the molecule is c1cc(NC2CNCCN2)ncn1. The minimum absolute atomic E-state index is 0.267. The van der Waals surface area contributed by atoms with Crippen LogP contribution in [0.25, 0.3) is 0 Å². The van der Waals surface area contributed by atoms with Gasteiger partial charge in [-0.3, -0.25) is 5.32 Å². The molecule has 3 N–H and O–H groups in total. The Morgan fingerprint density at radius 3 is 3.15 bits per heavy atom. The van der Waals surface area contributed by atoms with Crippen molar-refractivity contribution < 1.29 is 0 Å². The first-order valence-electron chi connectivity index (χ1n) is 4.42. The Hall–Kier alpha value is -1.20. The molecule has 1 saturated heterocycles. The molecule has 1 aromatic rings. The van der Waals surface area contributed by atoms with Crippen molar-refractivity contribution in [3.05, 3.63) is 18.6 Å². The van der Waals surface area contributed by atoms with Gasteiger partial charge in [-0.15, -0.1) is 0 Å². The standard InChI is InChI=1S/C8H13N5/c1-2-10-6-12-7(1)13-8-5-9-3-4-11-8/h1-2,6,8-9,11H,3-5H2,(H,10,12,13). The first-order chi connectivity index (χ1) is 6.45. The summed E-state index contributed by atoms with van der Waals surface area (Å²) in [6.07, 6.45) is 3.54. The monoisotopic (exact) mass is 179 g/mol. The van der Waals surface area contributed by atoms with Gasteiger partial charge in [-0.25, -0.2) is 9.97 Å². The van der Waals surface area contributed by atoms with Gasteiger partial charge >= 0.3 is 0 Å². The van der Waals surface area contributed by atoms with Crippen LogP contribution in [0.5, 0.6) is 0 Å². The van der Waals surface area contributed by atoms with Crippen molar-refractivity contribution in [3.63, 3.8) is 0 Å². The van der Waals surface area contributed by atoms with Gasteiger partial charge in [0.2, 0.25) is 0 Å². The zero-order valence-electron chi connectivity index (χ0n) is 7.33. The number of nitrogens with one attached hydrogen (secondary N) is 3. The van der Waals surface area contributed by atoms with Crippen LogP contribution in [0.15, 0.2) is 18.6 Å². The predicted molar refractivity (Wildman–Crippen MR) is 50.3 cm³/mol. The molecule has 13 heavy (non-hydrogen) atoms. The Balaban J connectivity index is 1.90. The summed E-state index contributed by atoms with van der Waals surface area (Å²) in [4.78, 5) is 7.93. The highest BCUT2D eigenvalue weighted by Crippen LogP contribution is 2.00. The van der Waals surface area contributed by atoms with Crippen LogP contribution >= 0.6 is 0 Å². The van der Waals surface area contributed by atoms with Crippen LogP contribution in [0.1, 0.15) is 0 Å². The number of hydrogen-bond acceptors (Lipinski definition) is 5. The molecule has 0 radical (unpaired) electrons. The van der Waals surface area contributed by atoms with E-state index >= 15 is 0 Å². The highest BCUT2D eigenvalue weighted by molar-refractivity contribution is 5.32. The Labute approximate surface area is 77.0 Å². The molecule has 0 amide bonds. The van der Waals surface area contributed by atoms with Crippen molar-refractivity contribution >= 4 is 5.82 Å². The summed E-state index contributed by atoms with van der Waals surface area (Å²) in [5.41, 5.74) is 0. The highest BCUT2D eigenvalue weighted by atomic mass is 15.2. The lowest BCUT2D eigenvalue weighted by atomic mass is 10.3. The molecule has 0 saturated carbocycles. The first-order valence-corrected chi connectivity index (χ1v) is 4.42.